The van der Waals surface area contributed by atoms with Gasteiger partial charge in [-0.2, -0.15) is 0 Å². The molecule has 1 aromatic rings. The van der Waals surface area contributed by atoms with Crippen LogP contribution in [0.3, 0.4) is 0 Å². The second-order valence-corrected chi connectivity index (χ2v) is 5.04. The van der Waals surface area contributed by atoms with Gasteiger partial charge in [-0.3, -0.25) is 9.69 Å². The minimum Gasteiger partial charge on any atom is -0.481 e. The van der Waals surface area contributed by atoms with Crippen molar-refractivity contribution < 1.29 is 9.90 Å². The lowest BCUT2D eigenvalue weighted by Crippen LogP contribution is -2.47. The molecule has 5 heteroatoms. The molecule has 1 N–H and O–H groups in total. The van der Waals surface area contributed by atoms with Crippen molar-refractivity contribution in [2.75, 3.05) is 13.1 Å². The van der Waals surface area contributed by atoms with Crippen molar-refractivity contribution in [2.45, 2.75) is 32.9 Å². The van der Waals surface area contributed by atoms with Crippen LogP contribution in [0.5, 0.6) is 0 Å². The SMILES string of the molecule is CC(C)n1cncc1CN1CC(CC(=O)O)C1. The van der Waals surface area contributed by atoms with Gasteiger partial charge in [-0.15, -0.1) is 0 Å². The Hall–Kier alpha value is -1.36. The third-order valence-corrected chi connectivity index (χ3v) is 3.18. The van der Waals surface area contributed by atoms with E-state index in [0.29, 0.717) is 18.4 Å². The summed E-state index contributed by atoms with van der Waals surface area (Å²) in [6.45, 7) is 6.91. The lowest BCUT2D eigenvalue weighted by molar-refractivity contribution is -0.139. The number of carboxylic acids is 1. The van der Waals surface area contributed by atoms with Gasteiger partial charge in [-0.25, -0.2) is 4.98 Å². The fourth-order valence-corrected chi connectivity index (χ4v) is 2.33. The molecule has 17 heavy (non-hydrogen) atoms. The number of carboxylic acid groups (broad SMARTS) is 1. The number of hydrogen-bond donors (Lipinski definition) is 1. The summed E-state index contributed by atoms with van der Waals surface area (Å²) in [4.78, 5) is 17.0. The van der Waals surface area contributed by atoms with E-state index in [0.717, 1.165) is 19.6 Å². The molecule has 2 heterocycles. The van der Waals surface area contributed by atoms with Crippen LogP contribution >= 0.6 is 0 Å². The van der Waals surface area contributed by atoms with E-state index in [1.807, 2.05) is 12.5 Å². The molecule has 0 saturated carbocycles. The fraction of sp³-hybridized carbons (Fsp3) is 0.667. The molecule has 0 amide bonds. The van der Waals surface area contributed by atoms with E-state index in [-0.39, 0.29) is 0 Å². The van der Waals surface area contributed by atoms with E-state index in [2.05, 4.69) is 28.3 Å². The second kappa shape index (κ2) is 4.87. The van der Waals surface area contributed by atoms with Gasteiger partial charge in [0.1, 0.15) is 0 Å². The van der Waals surface area contributed by atoms with Crippen LogP contribution < -0.4 is 0 Å². The number of imidazole rings is 1. The van der Waals surface area contributed by atoms with Gasteiger partial charge >= 0.3 is 5.97 Å². The summed E-state index contributed by atoms with van der Waals surface area (Å²) in [6.07, 6.45) is 4.04. The molecule has 0 unspecified atom stereocenters. The molecule has 0 radical (unpaired) electrons. The molecule has 94 valence electrons. The molecule has 1 fully saturated rings. The predicted octanol–water partition coefficient (Wildman–Crippen LogP) is 1.37. The molecule has 0 aliphatic carbocycles. The number of hydrogen-bond acceptors (Lipinski definition) is 3. The third-order valence-electron chi connectivity index (χ3n) is 3.18. The molecule has 0 bridgehead atoms. The molecule has 1 aliphatic rings. The van der Waals surface area contributed by atoms with Crippen molar-refractivity contribution in [3.63, 3.8) is 0 Å². The lowest BCUT2D eigenvalue weighted by Gasteiger charge is -2.38. The van der Waals surface area contributed by atoms with Gasteiger partial charge in [0.05, 0.1) is 18.4 Å². The summed E-state index contributed by atoms with van der Waals surface area (Å²) in [5.74, 6) is -0.371. The van der Waals surface area contributed by atoms with Crippen LogP contribution in [0.2, 0.25) is 0 Å². The average Bonchev–Trinajstić information content (AvgIpc) is 2.61. The van der Waals surface area contributed by atoms with Crippen molar-refractivity contribution in [3.8, 4) is 0 Å². The van der Waals surface area contributed by atoms with E-state index >= 15 is 0 Å². The van der Waals surface area contributed by atoms with E-state index in [9.17, 15) is 4.79 Å². The number of carbonyl (C=O) groups is 1. The zero-order valence-electron chi connectivity index (χ0n) is 10.3. The summed E-state index contributed by atoms with van der Waals surface area (Å²) in [7, 11) is 0. The van der Waals surface area contributed by atoms with E-state index in [4.69, 9.17) is 5.11 Å². The summed E-state index contributed by atoms with van der Waals surface area (Å²) < 4.78 is 2.16. The molecule has 1 aromatic heterocycles. The number of rotatable bonds is 5. The molecule has 0 spiro atoms. The quantitative estimate of drug-likeness (QED) is 0.840. The molecular formula is C12H19N3O2. The highest BCUT2D eigenvalue weighted by Gasteiger charge is 2.28. The molecule has 2 rings (SSSR count). The van der Waals surface area contributed by atoms with Crippen molar-refractivity contribution in [1.82, 2.24) is 14.5 Å². The van der Waals surface area contributed by atoms with Gasteiger partial charge < -0.3 is 9.67 Å². The Balaban J connectivity index is 1.83. The Kier molecular flexibility index (Phi) is 3.47. The molecule has 0 atom stereocenters. The molecule has 1 aliphatic heterocycles. The van der Waals surface area contributed by atoms with E-state index in [1.54, 1.807) is 0 Å². The van der Waals surface area contributed by atoms with Crippen LogP contribution in [0.4, 0.5) is 0 Å². The molecular weight excluding hydrogens is 218 g/mol. The van der Waals surface area contributed by atoms with Crippen LogP contribution in [0.25, 0.3) is 0 Å². The van der Waals surface area contributed by atoms with Crippen LogP contribution in [0.1, 0.15) is 32.0 Å². The van der Waals surface area contributed by atoms with Crippen molar-refractivity contribution in [3.05, 3.63) is 18.2 Å². The van der Waals surface area contributed by atoms with Crippen LogP contribution in [-0.4, -0.2) is 38.6 Å². The maximum Gasteiger partial charge on any atom is 0.303 e. The monoisotopic (exact) mass is 237 g/mol. The highest BCUT2D eigenvalue weighted by molar-refractivity contribution is 5.67. The molecule has 1 saturated heterocycles. The summed E-state index contributed by atoms with van der Waals surface area (Å²) in [5.41, 5.74) is 1.20. The highest BCUT2D eigenvalue weighted by atomic mass is 16.4. The molecule has 0 aromatic carbocycles. The number of aromatic nitrogens is 2. The number of likely N-dealkylation sites (tertiary alicyclic amines) is 1. The Bertz CT molecular complexity index is 394. The summed E-state index contributed by atoms with van der Waals surface area (Å²) in [5, 5.41) is 8.68. The van der Waals surface area contributed by atoms with Gasteiger partial charge in [0.15, 0.2) is 0 Å². The first-order valence-corrected chi connectivity index (χ1v) is 6.01. The van der Waals surface area contributed by atoms with Crippen LogP contribution in [0, 0.1) is 5.92 Å². The largest absolute Gasteiger partial charge is 0.481 e. The smallest absolute Gasteiger partial charge is 0.303 e. The van der Waals surface area contributed by atoms with Crippen molar-refractivity contribution >= 4 is 5.97 Å². The topological polar surface area (TPSA) is 58.4 Å². The van der Waals surface area contributed by atoms with Gasteiger partial charge in [0, 0.05) is 31.9 Å². The van der Waals surface area contributed by atoms with Gasteiger partial charge in [-0.1, -0.05) is 0 Å². The first kappa shape index (κ1) is 12.1. The minimum absolute atomic E-state index is 0.292. The van der Waals surface area contributed by atoms with Gasteiger partial charge in [-0.05, 0) is 19.8 Å². The third kappa shape index (κ3) is 2.85. The van der Waals surface area contributed by atoms with Gasteiger partial charge in [0.2, 0.25) is 0 Å². The zero-order valence-corrected chi connectivity index (χ0v) is 10.3. The predicted molar refractivity (Wildman–Crippen MR) is 63.6 cm³/mol. The minimum atomic E-state index is -0.693. The average molecular weight is 237 g/mol. The maximum absolute atomic E-state index is 10.5. The Morgan fingerprint density at radius 3 is 2.88 bits per heavy atom. The Morgan fingerprint density at radius 1 is 1.59 bits per heavy atom. The fourth-order valence-electron chi connectivity index (χ4n) is 2.33. The van der Waals surface area contributed by atoms with Crippen molar-refractivity contribution in [2.24, 2.45) is 5.92 Å². The maximum atomic E-state index is 10.5. The Labute approximate surface area is 101 Å². The summed E-state index contributed by atoms with van der Waals surface area (Å²) >= 11 is 0. The first-order chi connectivity index (χ1) is 8.06. The normalized spacial score (nSPS) is 17.4. The lowest BCUT2D eigenvalue weighted by atomic mass is 9.96. The zero-order chi connectivity index (χ0) is 12.4. The molecule has 5 nitrogen and oxygen atoms in total. The number of nitrogens with zero attached hydrogens (tertiary/aromatic N) is 3. The van der Waals surface area contributed by atoms with Crippen LogP contribution in [0.15, 0.2) is 12.5 Å². The second-order valence-electron chi connectivity index (χ2n) is 5.04. The highest BCUT2D eigenvalue weighted by Crippen LogP contribution is 2.22. The standard InChI is InChI=1S/C12H19N3O2/c1-9(2)15-8-13-4-11(15)7-14-5-10(6-14)3-12(16)17/h4,8-10H,3,5-7H2,1-2H3,(H,16,17). The van der Waals surface area contributed by atoms with Crippen LogP contribution in [-0.2, 0) is 11.3 Å². The number of aliphatic carboxylic acids is 1. The van der Waals surface area contributed by atoms with E-state index < -0.39 is 5.97 Å². The van der Waals surface area contributed by atoms with Crippen molar-refractivity contribution in [1.29, 1.82) is 0 Å². The Morgan fingerprint density at radius 2 is 2.29 bits per heavy atom. The van der Waals surface area contributed by atoms with E-state index in [1.165, 1.54) is 5.69 Å². The summed E-state index contributed by atoms with van der Waals surface area (Å²) in [6, 6.07) is 0.420. The first-order valence-electron chi connectivity index (χ1n) is 6.01. The van der Waals surface area contributed by atoms with Gasteiger partial charge in [0.25, 0.3) is 0 Å².